The van der Waals surface area contributed by atoms with Crippen molar-refractivity contribution in [3.05, 3.63) is 65.7 Å². The Morgan fingerprint density at radius 1 is 0.613 bits per heavy atom. The van der Waals surface area contributed by atoms with Crippen LogP contribution >= 0.6 is 11.8 Å². The number of hydrogen-bond donors (Lipinski definition) is 13. The van der Waals surface area contributed by atoms with E-state index in [0.29, 0.717) is 23.5 Å². The van der Waals surface area contributed by atoms with E-state index in [1.165, 1.54) is 16.7 Å². The molecule has 0 aliphatic carbocycles. The number of rotatable bonds is 34. The van der Waals surface area contributed by atoms with E-state index < -0.39 is 120 Å². The van der Waals surface area contributed by atoms with Gasteiger partial charge in [-0.15, -0.1) is 11.8 Å². The van der Waals surface area contributed by atoms with E-state index in [0.717, 1.165) is 0 Å². The number of nitrogens with two attached hydrogens (primary N) is 6. The average molecular weight is 1140 g/mol. The van der Waals surface area contributed by atoms with Gasteiger partial charge in [-0.1, -0.05) is 70.2 Å². The number of nitrogens with one attached hydrogen (secondary N) is 7. The van der Waals surface area contributed by atoms with Gasteiger partial charge in [-0.25, -0.2) is 0 Å². The van der Waals surface area contributed by atoms with Crippen LogP contribution in [0.4, 0.5) is 0 Å². The standard InChI is InChI=1S/C52H80N16O11S/c1-6-33(50(78)68-28-80-27-39(68)48(76)64-35(17-13-23-60-52(57)58)44(72)63-34(43(54)71)16-12-22-59-51(55)56)62-46(74)38(26-40(53)69)66-49(77)42(29(4)5)67-47(75)37(24-30-14-10-9-11-15-30)65-45(73)36(61-41(70)7-2)25-31-18-20-32(21-19-31)79-8-3/h9-11,14-15,18-21,29,33-39,42H,6-8,12-13,16-17,22-28H2,1-5H3,(H2,53,69)(H2,54,71)(H,61,70)(H,62,74)(H,63,72)(H,64,76)(H,65,73)(H,66,77)(H,67,75)(H4,55,56,59)(H4,57,58,60)/t33-,34-,35-,36+,37-,38-,39-,42-/m0/s1. The lowest BCUT2D eigenvalue weighted by Crippen LogP contribution is -2.61. The van der Waals surface area contributed by atoms with Crippen LogP contribution in [-0.2, 0) is 60.8 Å². The molecule has 0 radical (unpaired) electrons. The molecular weight excluding hydrogens is 1060 g/mol. The van der Waals surface area contributed by atoms with E-state index in [4.69, 9.17) is 39.1 Å². The molecule has 440 valence electrons. The lowest BCUT2D eigenvalue weighted by atomic mass is 9.99. The van der Waals surface area contributed by atoms with E-state index in [1.807, 2.05) is 6.92 Å². The molecule has 10 amide bonds. The van der Waals surface area contributed by atoms with Crippen LogP contribution in [0, 0.1) is 5.92 Å². The summed E-state index contributed by atoms with van der Waals surface area (Å²) in [5.41, 5.74) is 34.2. The van der Waals surface area contributed by atoms with Crippen molar-refractivity contribution < 1.29 is 52.7 Å². The highest BCUT2D eigenvalue weighted by atomic mass is 32.2. The van der Waals surface area contributed by atoms with Gasteiger partial charge in [0.2, 0.25) is 59.1 Å². The molecule has 8 atom stereocenters. The molecule has 28 heteroatoms. The fourth-order valence-corrected chi connectivity index (χ4v) is 9.38. The summed E-state index contributed by atoms with van der Waals surface area (Å²) in [7, 11) is 0. The number of thioether (sulfide) groups is 1. The van der Waals surface area contributed by atoms with Gasteiger partial charge < -0.3 is 81.3 Å². The highest BCUT2D eigenvalue weighted by molar-refractivity contribution is 7.99. The van der Waals surface area contributed by atoms with Crippen LogP contribution in [0.2, 0.25) is 0 Å². The number of benzene rings is 2. The summed E-state index contributed by atoms with van der Waals surface area (Å²) in [5, 5.41) is 18.5. The normalized spacial score (nSPS) is 15.4. The molecule has 0 unspecified atom stereocenters. The minimum atomic E-state index is -1.66. The number of ether oxygens (including phenoxy) is 1. The Hall–Kier alpha value is -8.17. The number of carbonyl (C=O) groups is 10. The molecule has 0 bridgehead atoms. The Bertz CT molecular complexity index is 2490. The molecule has 1 aliphatic rings. The van der Waals surface area contributed by atoms with Gasteiger partial charge in [0.05, 0.1) is 18.9 Å². The highest BCUT2D eigenvalue weighted by Crippen LogP contribution is 2.23. The zero-order chi connectivity index (χ0) is 59.5. The minimum absolute atomic E-state index is 0.000966. The Balaban J connectivity index is 1.82. The van der Waals surface area contributed by atoms with Crippen LogP contribution in [0.3, 0.4) is 0 Å². The molecule has 1 aliphatic heterocycles. The molecule has 0 spiro atoms. The summed E-state index contributed by atoms with van der Waals surface area (Å²) < 4.78 is 5.54. The Morgan fingerprint density at radius 2 is 1.12 bits per heavy atom. The van der Waals surface area contributed by atoms with Gasteiger partial charge in [0.1, 0.15) is 54.1 Å². The van der Waals surface area contributed by atoms with Crippen molar-refractivity contribution in [1.29, 1.82) is 0 Å². The van der Waals surface area contributed by atoms with Crippen molar-refractivity contribution in [2.45, 2.75) is 141 Å². The topological polar surface area (TPSA) is 448 Å². The van der Waals surface area contributed by atoms with Crippen molar-refractivity contribution in [2.75, 3.05) is 31.3 Å². The SMILES string of the molecule is CCOc1ccc(C[C@@H](NC(=O)CC)C(=O)N[C@@H](Cc2ccccc2)C(=O)N[C@H](C(=O)N[C@@H](CC(N)=O)C(=O)N[C@@H](CC)C(=O)N2CSC[C@H]2C(=O)N[C@@H](CCCN=C(N)N)C(=O)N[C@@H](CCCN=C(N)N)C(N)=O)C(C)C)cc1. The maximum absolute atomic E-state index is 14.3. The summed E-state index contributed by atoms with van der Waals surface area (Å²) >= 11 is 1.23. The number of primary amides is 2. The van der Waals surface area contributed by atoms with Crippen LogP contribution in [-0.4, -0.2) is 156 Å². The van der Waals surface area contributed by atoms with Gasteiger partial charge in [0.15, 0.2) is 11.9 Å². The first kappa shape index (κ1) is 66.1. The van der Waals surface area contributed by atoms with E-state index in [9.17, 15) is 47.9 Å². The van der Waals surface area contributed by atoms with Crippen LogP contribution < -0.4 is 76.4 Å². The molecule has 80 heavy (non-hydrogen) atoms. The zero-order valence-electron chi connectivity index (χ0n) is 46.0. The smallest absolute Gasteiger partial charge is 0.246 e. The van der Waals surface area contributed by atoms with E-state index in [-0.39, 0.29) is 88.0 Å². The third kappa shape index (κ3) is 22.7. The van der Waals surface area contributed by atoms with Crippen LogP contribution in [0.1, 0.15) is 90.7 Å². The third-order valence-corrected chi connectivity index (χ3v) is 13.5. The molecule has 1 saturated heterocycles. The van der Waals surface area contributed by atoms with Crippen molar-refractivity contribution >= 4 is 82.8 Å². The molecule has 27 nitrogen and oxygen atoms in total. The summed E-state index contributed by atoms with van der Waals surface area (Å²) in [6.07, 6.45) is -0.0635. The number of aliphatic imine (C=N–C) groups is 2. The van der Waals surface area contributed by atoms with Crippen LogP contribution in [0.5, 0.6) is 5.75 Å². The van der Waals surface area contributed by atoms with Crippen LogP contribution in [0.25, 0.3) is 0 Å². The van der Waals surface area contributed by atoms with Gasteiger partial charge in [0.25, 0.3) is 0 Å². The fourth-order valence-electron chi connectivity index (χ4n) is 8.21. The van der Waals surface area contributed by atoms with Crippen molar-refractivity contribution in [2.24, 2.45) is 50.3 Å². The molecule has 1 heterocycles. The molecule has 1 fully saturated rings. The maximum Gasteiger partial charge on any atom is 0.246 e. The molecule has 0 aromatic heterocycles. The lowest BCUT2D eigenvalue weighted by Gasteiger charge is -2.30. The summed E-state index contributed by atoms with van der Waals surface area (Å²) in [6, 6.07) is 5.49. The van der Waals surface area contributed by atoms with E-state index in [1.54, 1.807) is 82.3 Å². The quantitative estimate of drug-likeness (QED) is 0.0190. The van der Waals surface area contributed by atoms with Crippen molar-refractivity contribution in [1.82, 2.24) is 42.1 Å². The summed E-state index contributed by atoms with van der Waals surface area (Å²) in [4.78, 5) is 145. The Labute approximate surface area is 469 Å². The van der Waals surface area contributed by atoms with Gasteiger partial charge >= 0.3 is 0 Å². The molecule has 2 aromatic rings. The second kappa shape index (κ2) is 34.0. The van der Waals surface area contributed by atoms with E-state index in [2.05, 4.69) is 47.2 Å². The van der Waals surface area contributed by atoms with Gasteiger partial charge in [-0.3, -0.25) is 57.9 Å². The molecule has 3 rings (SSSR count). The van der Waals surface area contributed by atoms with Gasteiger partial charge in [-0.2, -0.15) is 0 Å². The third-order valence-electron chi connectivity index (χ3n) is 12.5. The molecule has 0 saturated carbocycles. The number of guanidine groups is 2. The first-order valence-corrected chi connectivity index (χ1v) is 27.6. The fraction of sp³-hybridized carbons (Fsp3) is 0.538. The molecule has 19 N–H and O–H groups in total. The number of hydrogen-bond acceptors (Lipinski definition) is 14. The lowest BCUT2D eigenvalue weighted by molar-refractivity contribution is -0.142. The average Bonchev–Trinajstić information content (AvgIpc) is 3.93. The predicted molar refractivity (Wildman–Crippen MR) is 301 cm³/mol. The first-order valence-electron chi connectivity index (χ1n) is 26.4. The molecular formula is C52H80N16O11S. The Morgan fingerprint density at radius 3 is 1.66 bits per heavy atom. The van der Waals surface area contributed by atoms with E-state index >= 15 is 0 Å². The van der Waals surface area contributed by atoms with Crippen molar-refractivity contribution in [3.63, 3.8) is 0 Å². The second-order valence-electron chi connectivity index (χ2n) is 19.2. The summed E-state index contributed by atoms with van der Waals surface area (Å²) in [5.74, 6) is -8.05. The van der Waals surface area contributed by atoms with Gasteiger partial charge in [0, 0.05) is 38.1 Å². The predicted octanol–water partition coefficient (Wildman–Crippen LogP) is -2.89. The zero-order valence-corrected chi connectivity index (χ0v) is 46.8. The molecule has 2 aromatic carbocycles. The van der Waals surface area contributed by atoms with Crippen LogP contribution in [0.15, 0.2) is 64.6 Å². The highest BCUT2D eigenvalue weighted by Gasteiger charge is 2.41. The monoisotopic (exact) mass is 1140 g/mol. The Kier molecular flexibility index (Phi) is 28.1. The summed E-state index contributed by atoms with van der Waals surface area (Å²) in [6.45, 7) is 9.00. The second-order valence-corrected chi connectivity index (χ2v) is 20.2. The first-order chi connectivity index (χ1) is 38.0. The number of amides is 10. The number of nitrogens with zero attached hydrogens (tertiary/aromatic N) is 3. The number of carbonyl (C=O) groups excluding carboxylic acids is 10. The minimum Gasteiger partial charge on any atom is -0.494 e. The largest absolute Gasteiger partial charge is 0.494 e. The van der Waals surface area contributed by atoms with Crippen molar-refractivity contribution in [3.8, 4) is 5.75 Å². The van der Waals surface area contributed by atoms with Gasteiger partial charge in [-0.05, 0) is 68.2 Å². The maximum atomic E-state index is 14.3.